The molecule has 0 saturated carbocycles. The molecular weight excluding hydrogens is 270 g/mol. The third kappa shape index (κ3) is 2.60. The molecule has 0 bridgehead atoms. The number of aliphatic carboxylic acids is 1. The van der Waals surface area contributed by atoms with Crippen molar-refractivity contribution in [2.24, 2.45) is 0 Å². The van der Waals surface area contributed by atoms with Crippen LogP contribution in [-0.4, -0.2) is 17.0 Å². The number of carboxylic acid groups (broad SMARTS) is 1. The monoisotopic (exact) mass is 281 g/mol. The summed E-state index contributed by atoms with van der Waals surface area (Å²) in [6, 6.07) is 4.31. The summed E-state index contributed by atoms with van der Waals surface area (Å²) in [5.41, 5.74) is 0.854. The molecule has 0 aromatic carbocycles. The second-order valence-corrected chi connectivity index (χ2v) is 5.59. The summed E-state index contributed by atoms with van der Waals surface area (Å²) in [6.07, 6.45) is 0. The van der Waals surface area contributed by atoms with Gasteiger partial charge >= 0.3 is 5.97 Å². The van der Waals surface area contributed by atoms with Gasteiger partial charge in [0, 0.05) is 4.88 Å². The second kappa shape index (κ2) is 5.32. The maximum Gasteiger partial charge on any atom is 0.331 e. The highest BCUT2D eigenvalue weighted by atomic mass is 32.1. The number of carboxylic acids is 1. The number of amides is 1. The SMILES string of the molecule is Cc1ccsc1C(=O)NC(C(=O)O)c1cccs1. The Balaban J connectivity index is 2.18. The quantitative estimate of drug-likeness (QED) is 0.905. The number of hydrogen-bond acceptors (Lipinski definition) is 4. The summed E-state index contributed by atoms with van der Waals surface area (Å²) >= 11 is 2.62. The molecule has 0 saturated heterocycles. The van der Waals surface area contributed by atoms with Crippen molar-refractivity contribution >= 4 is 34.6 Å². The lowest BCUT2D eigenvalue weighted by Gasteiger charge is -2.12. The molecule has 2 aromatic rings. The Hall–Kier alpha value is -1.66. The molecule has 94 valence electrons. The molecule has 0 fully saturated rings. The highest BCUT2D eigenvalue weighted by Crippen LogP contribution is 2.21. The van der Waals surface area contributed by atoms with Gasteiger partial charge in [0.15, 0.2) is 6.04 Å². The molecule has 0 aliphatic carbocycles. The maximum absolute atomic E-state index is 12.0. The van der Waals surface area contributed by atoms with Crippen LogP contribution in [0.2, 0.25) is 0 Å². The molecule has 2 rings (SSSR count). The van der Waals surface area contributed by atoms with Crippen molar-refractivity contribution in [3.63, 3.8) is 0 Å². The average Bonchev–Trinajstić information content (AvgIpc) is 2.95. The van der Waals surface area contributed by atoms with E-state index in [1.807, 2.05) is 18.4 Å². The predicted octanol–water partition coefficient (Wildman–Crippen LogP) is 2.67. The zero-order valence-corrected chi connectivity index (χ0v) is 11.2. The highest BCUT2D eigenvalue weighted by Gasteiger charge is 2.24. The number of thiophene rings is 2. The van der Waals surface area contributed by atoms with E-state index in [0.29, 0.717) is 9.75 Å². The summed E-state index contributed by atoms with van der Waals surface area (Å²) in [7, 11) is 0. The fourth-order valence-corrected chi connectivity index (χ4v) is 3.11. The summed E-state index contributed by atoms with van der Waals surface area (Å²) < 4.78 is 0. The van der Waals surface area contributed by atoms with E-state index < -0.39 is 12.0 Å². The standard InChI is InChI=1S/C12H11NO3S2/c1-7-4-6-18-10(7)11(14)13-9(12(15)16)8-3-2-5-17-8/h2-6,9H,1H3,(H,13,14)(H,15,16). The van der Waals surface area contributed by atoms with Gasteiger partial charge in [0.1, 0.15) is 0 Å². The van der Waals surface area contributed by atoms with E-state index in [-0.39, 0.29) is 5.91 Å². The predicted molar refractivity (Wildman–Crippen MR) is 71.2 cm³/mol. The van der Waals surface area contributed by atoms with Crippen molar-refractivity contribution < 1.29 is 14.7 Å². The Kier molecular flexibility index (Phi) is 3.78. The van der Waals surface area contributed by atoms with E-state index in [1.54, 1.807) is 17.5 Å². The Bertz CT molecular complexity index is 560. The molecule has 1 amide bonds. The molecule has 1 unspecified atom stereocenters. The third-order valence-corrected chi connectivity index (χ3v) is 4.37. The van der Waals surface area contributed by atoms with Crippen LogP contribution >= 0.6 is 22.7 Å². The van der Waals surface area contributed by atoms with Crippen LogP contribution in [0.15, 0.2) is 29.0 Å². The van der Waals surface area contributed by atoms with Gasteiger partial charge in [0.2, 0.25) is 0 Å². The summed E-state index contributed by atoms with van der Waals surface area (Å²) in [5.74, 6) is -1.40. The fourth-order valence-electron chi connectivity index (χ4n) is 1.51. The molecule has 0 radical (unpaired) electrons. The van der Waals surface area contributed by atoms with Gasteiger partial charge in [-0.15, -0.1) is 22.7 Å². The van der Waals surface area contributed by atoms with Gasteiger partial charge in [-0.1, -0.05) is 6.07 Å². The second-order valence-electron chi connectivity index (χ2n) is 3.69. The number of nitrogens with one attached hydrogen (secondary N) is 1. The minimum absolute atomic E-state index is 0.344. The zero-order valence-electron chi connectivity index (χ0n) is 9.54. The van der Waals surface area contributed by atoms with Gasteiger partial charge in [-0.3, -0.25) is 4.79 Å². The minimum atomic E-state index is -1.06. The molecule has 18 heavy (non-hydrogen) atoms. The minimum Gasteiger partial charge on any atom is -0.479 e. The molecule has 2 aromatic heterocycles. The molecule has 0 aliphatic heterocycles. The Morgan fingerprint density at radius 3 is 2.56 bits per heavy atom. The van der Waals surface area contributed by atoms with Crippen molar-refractivity contribution in [2.45, 2.75) is 13.0 Å². The Morgan fingerprint density at radius 2 is 2.06 bits per heavy atom. The van der Waals surface area contributed by atoms with Crippen molar-refractivity contribution in [2.75, 3.05) is 0 Å². The maximum atomic E-state index is 12.0. The smallest absolute Gasteiger partial charge is 0.331 e. The van der Waals surface area contributed by atoms with E-state index >= 15 is 0 Å². The summed E-state index contributed by atoms with van der Waals surface area (Å²) in [5, 5.41) is 15.3. The van der Waals surface area contributed by atoms with Crippen LogP contribution in [0.5, 0.6) is 0 Å². The molecule has 2 heterocycles. The molecule has 2 N–H and O–H groups in total. The van der Waals surface area contributed by atoms with Crippen molar-refractivity contribution in [3.05, 3.63) is 44.3 Å². The fraction of sp³-hybridized carbons (Fsp3) is 0.167. The lowest BCUT2D eigenvalue weighted by Crippen LogP contribution is -2.33. The average molecular weight is 281 g/mol. The van der Waals surface area contributed by atoms with E-state index in [4.69, 9.17) is 5.11 Å². The van der Waals surface area contributed by atoms with E-state index in [9.17, 15) is 9.59 Å². The zero-order chi connectivity index (χ0) is 13.1. The number of carbonyl (C=O) groups excluding carboxylic acids is 1. The number of carbonyl (C=O) groups is 2. The first-order valence-corrected chi connectivity index (χ1v) is 6.96. The number of rotatable bonds is 4. The third-order valence-electron chi connectivity index (χ3n) is 2.42. The van der Waals surface area contributed by atoms with E-state index in [2.05, 4.69) is 5.32 Å². The molecule has 6 heteroatoms. The normalized spacial score (nSPS) is 12.1. The first-order valence-electron chi connectivity index (χ1n) is 5.20. The van der Waals surface area contributed by atoms with Crippen LogP contribution in [0.4, 0.5) is 0 Å². The highest BCUT2D eigenvalue weighted by molar-refractivity contribution is 7.12. The Morgan fingerprint density at radius 1 is 1.28 bits per heavy atom. The molecule has 0 spiro atoms. The van der Waals surface area contributed by atoms with Gasteiger partial charge in [-0.25, -0.2) is 4.79 Å². The van der Waals surface area contributed by atoms with Crippen LogP contribution in [0.3, 0.4) is 0 Å². The summed E-state index contributed by atoms with van der Waals surface area (Å²) in [4.78, 5) is 24.3. The van der Waals surface area contributed by atoms with Crippen LogP contribution in [0, 0.1) is 6.92 Å². The van der Waals surface area contributed by atoms with Gasteiger partial charge in [-0.05, 0) is 35.4 Å². The van der Waals surface area contributed by atoms with Gasteiger partial charge in [0.25, 0.3) is 5.91 Å². The molecule has 0 aliphatic rings. The van der Waals surface area contributed by atoms with Crippen LogP contribution in [0.1, 0.15) is 26.2 Å². The van der Waals surface area contributed by atoms with Gasteiger partial charge in [-0.2, -0.15) is 0 Å². The van der Waals surface area contributed by atoms with Crippen LogP contribution in [-0.2, 0) is 4.79 Å². The number of hydrogen-bond donors (Lipinski definition) is 2. The lowest BCUT2D eigenvalue weighted by molar-refractivity contribution is -0.139. The molecule has 1 atom stereocenters. The van der Waals surface area contributed by atoms with Gasteiger partial charge in [0.05, 0.1) is 4.88 Å². The van der Waals surface area contributed by atoms with Crippen molar-refractivity contribution in [1.82, 2.24) is 5.32 Å². The van der Waals surface area contributed by atoms with Gasteiger partial charge < -0.3 is 10.4 Å². The lowest BCUT2D eigenvalue weighted by atomic mass is 10.2. The van der Waals surface area contributed by atoms with Crippen molar-refractivity contribution in [3.8, 4) is 0 Å². The summed E-state index contributed by atoms with van der Waals surface area (Å²) in [6.45, 7) is 1.83. The van der Waals surface area contributed by atoms with Crippen molar-refractivity contribution in [1.29, 1.82) is 0 Å². The van der Waals surface area contributed by atoms with Crippen LogP contribution < -0.4 is 5.32 Å². The van der Waals surface area contributed by atoms with Crippen LogP contribution in [0.25, 0.3) is 0 Å². The largest absolute Gasteiger partial charge is 0.479 e. The first kappa shape index (κ1) is 12.8. The number of aryl methyl sites for hydroxylation is 1. The molecular formula is C12H11NO3S2. The van der Waals surface area contributed by atoms with E-state index in [1.165, 1.54) is 22.7 Å². The molecule has 4 nitrogen and oxygen atoms in total. The Labute approximate surface area is 112 Å². The van der Waals surface area contributed by atoms with E-state index in [0.717, 1.165) is 5.56 Å². The first-order chi connectivity index (χ1) is 8.59. The topological polar surface area (TPSA) is 66.4 Å².